The lowest BCUT2D eigenvalue weighted by Crippen LogP contribution is -2.39. The van der Waals surface area contributed by atoms with Gasteiger partial charge >= 0.3 is 6.09 Å². The highest BCUT2D eigenvalue weighted by atomic mass is 32.1. The maximum Gasteiger partial charge on any atom is 0.407 e. The Bertz CT molecular complexity index is 1030. The van der Waals surface area contributed by atoms with Crippen LogP contribution in [0, 0.1) is 11.3 Å². The minimum absolute atomic E-state index is 0.0522. The van der Waals surface area contributed by atoms with Gasteiger partial charge in [0.25, 0.3) is 0 Å². The van der Waals surface area contributed by atoms with Gasteiger partial charge in [0.1, 0.15) is 12.2 Å². The van der Waals surface area contributed by atoms with Crippen molar-refractivity contribution in [1.82, 2.24) is 10.3 Å². The lowest BCUT2D eigenvalue weighted by molar-refractivity contribution is -0.113. The van der Waals surface area contributed by atoms with Gasteiger partial charge in [0.15, 0.2) is 5.78 Å². The molecule has 1 N–H and O–H groups in total. The van der Waals surface area contributed by atoms with Crippen molar-refractivity contribution < 1.29 is 14.3 Å². The molecule has 166 valence electrons. The van der Waals surface area contributed by atoms with E-state index in [1.807, 2.05) is 12.1 Å². The van der Waals surface area contributed by atoms with Crippen molar-refractivity contribution in [2.45, 2.75) is 69.9 Å². The quantitative estimate of drug-likeness (QED) is 0.642. The average Bonchev–Trinajstić information content (AvgIpc) is 3.15. The minimum Gasteiger partial charge on any atom is -0.446 e. The van der Waals surface area contributed by atoms with Gasteiger partial charge in [-0.05, 0) is 55.0 Å². The molecule has 0 saturated heterocycles. The highest BCUT2D eigenvalue weighted by Gasteiger charge is 2.29. The number of pyridine rings is 1. The molecule has 2 aliphatic carbocycles. The SMILES string of the molecule is N#Cc1c(CC(=O)/C=C/c2cccnc2)sc2c1CCC(OC(=O)NC1CCCCC1)C2. The van der Waals surface area contributed by atoms with Crippen molar-refractivity contribution in [1.29, 1.82) is 5.26 Å². The first-order valence-corrected chi connectivity index (χ1v) is 12.1. The molecule has 0 aromatic carbocycles. The average molecular weight is 450 g/mol. The summed E-state index contributed by atoms with van der Waals surface area (Å²) in [5.41, 5.74) is 2.50. The molecule has 1 fully saturated rings. The molecule has 0 radical (unpaired) electrons. The second-order valence-electron chi connectivity index (χ2n) is 8.43. The van der Waals surface area contributed by atoms with Crippen LogP contribution in [0.15, 0.2) is 30.6 Å². The van der Waals surface area contributed by atoms with E-state index >= 15 is 0 Å². The van der Waals surface area contributed by atoms with Gasteiger partial charge in [0.2, 0.25) is 0 Å². The number of allylic oxidation sites excluding steroid dienone is 1. The number of carbonyl (C=O) groups is 2. The van der Waals surface area contributed by atoms with E-state index in [1.54, 1.807) is 24.5 Å². The Morgan fingerprint density at radius 2 is 2.12 bits per heavy atom. The van der Waals surface area contributed by atoms with Crippen molar-refractivity contribution >= 4 is 29.3 Å². The van der Waals surface area contributed by atoms with Crippen LogP contribution in [0.4, 0.5) is 4.79 Å². The maximum absolute atomic E-state index is 12.5. The van der Waals surface area contributed by atoms with Gasteiger partial charge in [-0.25, -0.2) is 4.79 Å². The van der Waals surface area contributed by atoms with Crippen LogP contribution in [0.3, 0.4) is 0 Å². The van der Waals surface area contributed by atoms with Crippen LogP contribution >= 0.6 is 11.3 Å². The molecule has 0 bridgehead atoms. The van der Waals surface area contributed by atoms with Crippen molar-refractivity contribution in [3.05, 3.63) is 57.0 Å². The number of ketones is 1. The Morgan fingerprint density at radius 1 is 1.28 bits per heavy atom. The fourth-order valence-electron chi connectivity index (χ4n) is 4.45. The number of nitriles is 1. The summed E-state index contributed by atoms with van der Waals surface area (Å²) in [5, 5.41) is 12.7. The standard InChI is InChI=1S/C25H27N3O3S/c26-15-22-21-11-10-20(31-25(30)28-18-6-2-1-3-7-18)14-24(21)32-23(22)13-19(29)9-8-17-5-4-12-27-16-17/h4-5,8-9,12,16,18,20H,1-3,6-7,10-11,13-14H2,(H,28,30)/b9-8+. The van der Waals surface area contributed by atoms with E-state index < -0.39 is 0 Å². The van der Waals surface area contributed by atoms with E-state index in [0.29, 0.717) is 24.8 Å². The third-order valence-electron chi connectivity index (χ3n) is 6.09. The van der Waals surface area contributed by atoms with Crippen LogP contribution in [-0.2, 0) is 28.8 Å². The molecule has 6 nitrogen and oxygen atoms in total. The van der Waals surface area contributed by atoms with E-state index in [9.17, 15) is 14.9 Å². The summed E-state index contributed by atoms with van der Waals surface area (Å²) in [6, 6.07) is 6.22. The summed E-state index contributed by atoms with van der Waals surface area (Å²) in [4.78, 5) is 30.7. The number of fused-ring (bicyclic) bond motifs is 1. The number of carbonyl (C=O) groups excluding carboxylic acids is 2. The zero-order valence-corrected chi connectivity index (χ0v) is 18.8. The van der Waals surface area contributed by atoms with Crippen LogP contribution < -0.4 is 5.32 Å². The summed E-state index contributed by atoms with van der Waals surface area (Å²) in [6.45, 7) is 0. The Balaban J connectivity index is 1.37. The number of hydrogen-bond donors (Lipinski definition) is 1. The zero-order chi connectivity index (χ0) is 22.3. The van der Waals surface area contributed by atoms with Crippen molar-refractivity contribution in [3.8, 4) is 6.07 Å². The van der Waals surface area contributed by atoms with Gasteiger partial charge in [0.05, 0.1) is 5.56 Å². The first-order valence-electron chi connectivity index (χ1n) is 11.2. The monoisotopic (exact) mass is 449 g/mol. The summed E-state index contributed by atoms with van der Waals surface area (Å²) >= 11 is 1.50. The molecule has 1 atom stereocenters. The molecule has 4 rings (SSSR count). The van der Waals surface area contributed by atoms with Gasteiger partial charge < -0.3 is 10.1 Å². The van der Waals surface area contributed by atoms with Gasteiger partial charge in [-0.1, -0.05) is 25.3 Å². The molecule has 2 aromatic heterocycles. The topological polar surface area (TPSA) is 92.1 Å². The number of amides is 1. The fraction of sp³-hybridized carbons (Fsp3) is 0.440. The molecule has 2 aromatic rings. The zero-order valence-electron chi connectivity index (χ0n) is 18.0. The predicted octanol–water partition coefficient (Wildman–Crippen LogP) is 4.76. The van der Waals surface area contributed by atoms with Gasteiger partial charge in [0, 0.05) is 41.0 Å². The third kappa shape index (κ3) is 5.63. The first kappa shape index (κ1) is 22.2. The summed E-state index contributed by atoms with van der Waals surface area (Å²) in [6.07, 6.45) is 13.9. The van der Waals surface area contributed by atoms with Crippen molar-refractivity contribution in [2.75, 3.05) is 0 Å². The summed E-state index contributed by atoms with van der Waals surface area (Å²) in [7, 11) is 0. The molecular weight excluding hydrogens is 422 g/mol. The van der Waals surface area contributed by atoms with Crippen LogP contribution in [-0.4, -0.2) is 29.0 Å². The van der Waals surface area contributed by atoms with E-state index in [2.05, 4.69) is 16.4 Å². The second kappa shape index (κ2) is 10.6. The van der Waals surface area contributed by atoms with Crippen molar-refractivity contribution in [2.24, 2.45) is 0 Å². The number of hydrogen-bond acceptors (Lipinski definition) is 6. The Labute approximate surface area is 192 Å². The molecule has 32 heavy (non-hydrogen) atoms. The lowest BCUT2D eigenvalue weighted by atomic mass is 9.92. The number of ether oxygens (including phenoxy) is 1. The largest absolute Gasteiger partial charge is 0.446 e. The van der Waals surface area contributed by atoms with Gasteiger partial charge in [-0.15, -0.1) is 11.3 Å². The molecule has 0 spiro atoms. The molecule has 7 heteroatoms. The third-order valence-corrected chi connectivity index (χ3v) is 7.34. The molecule has 2 aliphatic rings. The normalized spacial score (nSPS) is 18.7. The Kier molecular flexibility index (Phi) is 7.33. The number of rotatable bonds is 6. The minimum atomic E-state index is -0.335. The number of thiophene rings is 1. The summed E-state index contributed by atoms with van der Waals surface area (Å²) in [5.74, 6) is -0.0522. The van der Waals surface area contributed by atoms with E-state index in [4.69, 9.17) is 4.74 Å². The maximum atomic E-state index is 12.5. The smallest absolute Gasteiger partial charge is 0.407 e. The van der Waals surface area contributed by atoms with Crippen molar-refractivity contribution in [3.63, 3.8) is 0 Å². The molecule has 2 heterocycles. The first-order chi connectivity index (χ1) is 15.6. The highest BCUT2D eigenvalue weighted by molar-refractivity contribution is 7.12. The van der Waals surface area contributed by atoms with Crippen LogP contribution in [0.1, 0.15) is 65.0 Å². The van der Waals surface area contributed by atoms with E-state index in [0.717, 1.165) is 46.6 Å². The number of nitrogens with one attached hydrogen (secondary N) is 1. The van der Waals surface area contributed by atoms with Gasteiger partial charge in [-0.3, -0.25) is 9.78 Å². The predicted molar refractivity (Wildman–Crippen MR) is 123 cm³/mol. The highest BCUT2D eigenvalue weighted by Crippen LogP contribution is 2.35. The van der Waals surface area contributed by atoms with E-state index in [-0.39, 0.29) is 30.4 Å². The molecule has 0 aliphatic heterocycles. The Hall–Kier alpha value is -2.98. The number of alkyl carbamates (subject to hydrolysis) is 1. The molecule has 1 amide bonds. The lowest BCUT2D eigenvalue weighted by Gasteiger charge is -2.26. The Morgan fingerprint density at radius 3 is 2.88 bits per heavy atom. The molecular formula is C25H27N3O3S. The van der Waals surface area contributed by atoms with Crippen LogP contribution in [0.2, 0.25) is 0 Å². The van der Waals surface area contributed by atoms with E-state index in [1.165, 1.54) is 17.8 Å². The number of aromatic nitrogens is 1. The fourth-order valence-corrected chi connectivity index (χ4v) is 5.83. The van der Waals surface area contributed by atoms with Crippen LogP contribution in [0.25, 0.3) is 6.08 Å². The number of nitrogens with zero attached hydrogens (tertiary/aromatic N) is 2. The van der Waals surface area contributed by atoms with Crippen LogP contribution in [0.5, 0.6) is 0 Å². The second-order valence-corrected chi connectivity index (χ2v) is 9.62. The summed E-state index contributed by atoms with van der Waals surface area (Å²) < 4.78 is 5.69. The molecule has 1 saturated carbocycles. The van der Waals surface area contributed by atoms with Gasteiger partial charge in [-0.2, -0.15) is 5.26 Å². The molecule has 1 unspecified atom stereocenters.